The van der Waals surface area contributed by atoms with Crippen molar-refractivity contribution in [2.45, 2.75) is 18.6 Å². The first-order valence-electron chi connectivity index (χ1n) is 5.15. The van der Waals surface area contributed by atoms with E-state index in [0.29, 0.717) is 5.56 Å². The van der Waals surface area contributed by atoms with Gasteiger partial charge in [-0.2, -0.15) is 13.2 Å². The Kier molecular flexibility index (Phi) is 5.24. The second-order valence-electron chi connectivity index (χ2n) is 3.81. The molecule has 0 fully saturated rings. The molecule has 1 aromatic carbocycles. The minimum atomic E-state index is -5.15. The fourth-order valence-electron chi connectivity index (χ4n) is 1.34. The number of amides is 1. The molecule has 0 aliphatic carbocycles. The van der Waals surface area contributed by atoms with E-state index in [1.54, 1.807) is 0 Å². The van der Waals surface area contributed by atoms with Crippen molar-refractivity contribution in [3.05, 3.63) is 33.8 Å². The Bertz CT molecular complexity index is 534. The van der Waals surface area contributed by atoms with E-state index in [-0.39, 0.29) is 16.5 Å². The molecule has 1 amide bonds. The highest BCUT2D eigenvalue weighted by molar-refractivity contribution is 6.42. The van der Waals surface area contributed by atoms with Crippen LogP contribution in [0.2, 0.25) is 10.0 Å². The Morgan fingerprint density at radius 2 is 1.85 bits per heavy atom. The lowest BCUT2D eigenvalue weighted by atomic mass is 10.1. The first kappa shape index (κ1) is 16.6. The maximum atomic E-state index is 12.1. The van der Waals surface area contributed by atoms with Crippen LogP contribution in [0, 0.1) is 0 Å². The van der Waals surface area contributed by atoms with Crippen molar-refractivity contribution in [3.8, 4) is 0 Å². The predicted octanol–water partition coefficient (Wildman–Crippen LogP) is 2.67. The summed E-state index contributed by atoms with van der Waals surface area (Å²) in [6, 6.07) is 2.38. The minimum absolute atomic E-state index is 0.135. The number of nitrogens with one attached hydrogen (secondary N) is 1. The van der Waals surface area contributed by atoms with Crippen LogP contribution in [0.3, 0.4) is 0 Å². The van der Waals surface area contributed by atoms with Crippen molar-refractivity contribution >= 4 is 35.1 Å². The van der Waals surface area contributed by atoms with Crippen molar-refractivity contribution in [1.82, 2.24) is 5.32 Å². The zero-order valence-electron chi connectivity index (χ0n) is 9.67. The predicted molar refractivity (Wildman–Crippen MR) is 65.8 cm³/mol. The average molecular weight is 330 g/mol. The SMILES string of the molecule is O=C(O)C(Cc1ccc(Cl)c(Cl)c1)NC(=O)C(F)(F)F. The van der Waals surface area contributed by atoms with E-state index >= 15 is 0 Å². The Hall–Kier alpha value is -1.47. The van der Waals surface area contributed by atoms with Crippen LogP contribution in [-0.4, -0.2) is 29.2 Å². The molecule has 0 aromatic heterocycles. The molecule has 0 saturated heterocycles. The highest BCUT2D eigenvalue weighted by Crippen LogP contribution is 2.23. The molecular formula is C11H8Cl2F3NO3. The summed E-state index contributed by atoms with van der Waals surface area (Å²) < 4.78 is 36.3. The fourth-order valence-corrected chi connectivity index (χ4v) is 1.66. The fraction of sp³-hybridized carbons (Fsp3) is 0.273. The molecule has 0 radical (unpaired) electrons. The largest absolute Gasteiger partial charge is 0.480 e. The van der Waals surface area contributed by atoms with Crippen molar-refractivity contribution < 1.29 is 27.9 Å². The third kappa shape index (κ3) is 4.57. The second-order valence-corrected chi connectivity index (χ2v) is 4.63. The lowest BCUT2D eigenvalue weighted by Gasteiger charge is -2.16. The van der Waals surface area contributed by atoms with E-state index in [1.807, 2.05) is 0 Å². The molecule has 4 nitrogen and oxygen atoms in total. The number of carbonyl (C=O) groups is 2. The first-order chi connectivity index (χ1) is 9.11. The van der Waals surface area contributed by atoms with Gasteiger partial charge in [0, 0.05) is 6.42 Å². The van der Waals surface area contributed by atoms with Gasteiger partial charge in [-0.3, -0.25) is 4.79 Å². The van der Waals surface area contributed by atoms with Crippen LogP contribution in [0.15, 0.2) is 18.2 Å². The van der Waals surface area contributed by atoms with Gasteiger partial charge in [0.05, 0.1) is 10.0 Å². The highest BCUT2D eigenvalue weighted by Gasteiger charge is 2.40. The van der Waals surface area contributed by atoms with Gasteiger partial charge in [-0.1, -0.05) is 29.3 Å². The van der Waals surface area contributed by atoms with Crippen LogP contribution >= 0.6 is 23.2 Å². The molecule has 2 N–H and O–H groups in total. The number of carboxylic acid groups (broad SMARTS) is 1. The van der Waals surface area contributed by atoms with Gasteiger partial charge in [0.15, 0.2) is 0 Å². The van der Waals surface area contributed by atoms with Gasteiger partial charge in [-0.15, -0.1) is 0 Å². The molecule has 0 bridgehead atoms. The lowest BCUT2D eigenvalue weighted by Crippen LogP contribution is -2.47. The first-order valence-corrected chi connectivity index (χ1v) is 5.91. The van der Waals surface area contributed by atoms with Crippen molar-refractivity contribution in [2.24, 2.45) is 0 Å². The van der Waals surface area contributed by atoms with Crippen molar-refractivity contribution in [1.29, 1.82) is 0 Å². The van der Waals surface area contributed by atoms with E-state index in [0.717, 1.165) is 0 Å². The van der Waals surface area contributed by atoms with Crippen LogP contribution in [0.5, 0.6) is 0 Å². The summed E-state index contributed by atoms with van der Waals surface area (Å²) in [6.45, 7) is 0. The van der Waals surface area contributed by atoms with Gasteiger partial charge in [-0.25, -0.2) is 4.79 Å². The van der Waals surface area contributed by atoms with E-state index in [4.69, 9.17) is 28.3 Å². The topological polar surface area (TPSA) is 66.4 Å². The summed E-state index contributed by atoms with van der Waals surface area (Å²) in [4.78, 5) is 21.6. The molecule has 1 rings (SSSR count). The Morgan fingerprint density at radius 3 is 2.30 bits per heavy atom. The number of benzene rings is 1. The summed E-state index contributed by atoms with van der Waals surface area (Å²) in [5.74, 6) is -3.90. The summed E-state index contributed by atoms with van der Waals surface area (Å²) >= 11 is 11.4. The molecule has 0 aliphatic heterocycles. The van der Waals surface area contributed by atoms with Gasteiger partial charge >= 0.3 is 18.1 Å². The number of hydrogen-bond donors (Lipinski definition) is 2. The molecule has 110 valence electrons. The second kappa shape index (κ2) is 6.32. The lowest BCUT2D eigenvalue weighted by molar-refractivity contribution is -0.175. The van der Waals surface area contributed by atoms with E-state index < -0.39 is 24.1 Å². The molecular weight excluding hydrogens is 322 g/mol. The van der Waals surface area contributed by atoms with Crippen molar-refractivity contribution in [3.63, 3.8) is 0 Å². The summed E-state index contributed by atoms with van der Waals surface area (Å²) in [5.41, 5.74) is 0.328. The summed E-state index contributed by atoms with van der Waals surface area (Å²) in [7, 11) is 0. The van der Waals surface area contributed by atoms with Gasteiger partial charge in [0.2, 0.25) is 0 Å². The number of halogens is 5. The normalized spacial score (nSPS) is 12.8. The Morgan fingerprint density at radius 1 is 1.25 bits per heavy atom. The molecule has 1 aromatic rings. The number of rotatable bonds is 4. The van der Waals surface area contributed by atoms with Crippen molar-refractivity contribution in [2.75, 3.05) is 0 Å². The van der Waals surface area contributed by atoms with Crippen LogP contribution < -0.4 is 5.32 Å². The summed E-state index contributed by atoms with van der Waals surface area (Å²) in [5, 5.41) is 10.6. The molecule has 0 heterocycles. The quantitative estimate of drug-likeness (QED) is 0.892. The number of hydrogen-bond acceptors (Lipinski definition) is 2. The van der Waals surface area contributed by atoms with Gasteiger partial charge in [-0.05, 0) is 17.7 Å². The van der Waals surface area contributed by atoms with Crippen LogP contribution in [0.25, 0.3) is 0 Å². The standard InChI is InChI=1S/C11H8Cl2F3NO3/c12-6-2-1-5(3-7(6)13)4-8(9(18)19)17-10(20)11(14,15)16/h1-3,8H,4H2,(H,17,20)(H,18,19). The minimum Gasteiger partial charge on any atom is -0.480 e. The number of aliphatic carboxylic acids is 1. The molecule has 0 aliphatic rings. The number of carbonyl (C=O) groups excluding carboxylic acids is 1. The van der Waals surface area contributed by atoms with Crippen LogP contribution in [0.1, 0.15) is 5.56 Å². The van der Waals surface area contributed by atoms with Gasteiger partial charge in [0.25, 0.3) is 0 Å². The van der Waals surface area contributed by atoms with Gasteiger partial charge < -0.3 is 10.4 Å². The maximum Gasteiger partial charge on any atom is 0.471 e. The highest BCUT2D eigenvalue weighted by atomic mass is 35.5. The van der Waals surface area contributed by atoms with E-state index in [1.165, 1.54) is 23.5 Å². The third-order valence-electron chi connectivity index (χ3n) is 2.28. The molecule has 0 spiro atoms. The molecule has 0 saturated carbocycles. The third-order valence-corrected chi connectivity index (χ3v) is 3.02. The van der Waals surface area contributed by atoms with Crippen LogP contribution in [0.4, 0.5) is 13.2 Å². The average Bonchev–Trinajstić information content (AvgIpc) is 2.31. The number of carboxylic acids is 1. The van der Waals surface area contributed by atoms with Gasteiger partial charge in [0.1, 0.15) is 6.04 Å². The zero-order chi connectivity index (χ0) is 15.5. The molecule has 1 unspecified atom stereocenters. The Balaban J connectivity index is 2.85. The maximum absolute atomic E-state index is 12.1. The van der Waals surface area contributed by atoms with E-state index in [9.17, 15) is 22.8 Å². The van der Waals surface area contributed by atoms with E-state index in [2.05, 4.69) is 0 Å². The smallest absolute Gasteiger partial charge is 0.471 e. The number of alkyl halides is 3. The monoisotopic (exact) mass is 329 g/mol. The molecule has 1 atom stereocenters. The molecule has 20 heavy (non-hydrogen) atoms. The summed E-state index contributed by atoms with van der Waals surface area (Å²) in [6.07, 6.45) is -5.50. The molecule has 9 heteroatoms. The zero-order valence-corrected chi connectivity index (χ0v) is 11.2. The van der Waals surface area contributed by atoms with Crippen LogP contribution in [-0.2, 0) is 16.0 Å². The Labute approximate surface area is 121 Å².